The third kappa shape index (κ3) is 3.96. The molecule has 2 aliphatic carbocycles. The summed E-state index contributed by atoms with van der Waals surface area (Å²) in [7, 11) is -1.54. The average molecular weight is 311 g/mol. The summed E-state index contributed by atoms with van der Waals surface area (Å²) in [6.45, 7) is 8.10. The summed E-state index contributed by atoms with van der Waals surface area (Å²) < 4.78 is 5.79. The minimum atomic E-state index is -1.54. The van der Waals surface area contributed by atoms with E-state index in [-0.39, 0.29) is 24.3 Å². The lowest BCUT2D eigenvalue weighted by Crippen LogP contribution is -2.39. The van der Waals surface area contributed by atoms with Crippen molar-refractivity contribution < 1.29 is 14.3 Å². The van der Waals surface area contributed by atoms with E-state index in [4.69, 9.17) is 4.43 Å². The first-order valence-electron chi connectivity index (χ1n) is 8.19. The molecule has 0 heterocycles. The van der Waals surface area contributed by atoms with E-state index in [9.17, 15) is 9.90 Å². The molecule has 0 spiro atoms. The molecule has 4 atom stereocenters. The van der Waals surface area contributed by atoms with Crippen molar-refractivity contribution in [3.63, 3.8) is 0 Å². The molecule has 0 aromatic rings. The van der Waals surface area contributed by atoms with Crippen LogP contribution in [0.5, 0.6) is 0 Å². The Morgan fingerprint density at radius 3 is 2.76 bits per heavy atom. The van der Waals surface area contributed by atoms with Gasteiger partial charge in [0.25, 0.3) is 0 Å². The summed E-state index contributed by atoms with van der Waals surface area (Å²) in [5.74, 6) is 0.958. The van der Waals surface area contributed by atoms with Crippen molar-refractivity contribution in [2.24, 2.45) is 23.7 Å². The van der Waals surface area contributed by atoms with E-state index in [0.717, 1.165) is 32.0 Å². The molecule has 0 saturated heterocycles. The fraction of sp³-hybridized carbons (Fsp3) is 0.812. The minimum Gasteiger partial charge on any atom is -0.418 e. The first-order valence-corrected chi connectivity index (χ1v) is 11.3. The Balaban J connectivity index is 1.74. The third-order valence-corrected chi connectivity index (χ3v) is 7.55. The quantitative estimate of drug-likeness (QED) is 0.410. The van der Waals surface area contributed by atoms with Gasteiger partial charge < -0.3 is 14.8 Å². The van der Waals surface area contributed by atoms with Crippen molar-refractivity contribution in [2.75, 3.05) is 19.8 Å². The number of aliphatic hydroxyl groups is 1. The molecule has 2 rings (SSSR count). The average Bonchev–Trinajstić information content (AvgIpc) is 3.03. The lowest BCUT2D eigenvalue weighted by Gasteiger charge is -2.26. The number of allylic oxidation sites excluding steroid dienone is 2. The highest BCUT2D eigenvalue weighted by Crippen LogP contribution is 2.47. The Morgan fingerprint density at radius 1 is 1.38 bits per heavy atom. The molecule has 1 saturated carbocycles. The lowest BCUT2D eigenvalue weighted by molar-refractivity contribution is -0.127. The fourth-order valence-corrected chi connectivity index (χ4v) is 5.82. The Morgan fingerprint density at radius 2 is 2.10 bits per heavy atom. The first kappa shape index (κ1) is 16.7. The molecular weight excluding hydrogens is 282 g/mol. The van der Waals surface area contributed by atoms with Crippen LogP contribution in [-0.4, -0.2) is 39.1 Å². The maximum Gasteiger partial charge on any atom is 0.224 e. The summed E-state index contributed by atoms with van der Waals surface area (Å²) >= 11 is 0. The number of aliphatic hydroxyl groups excluding tert-OH is 1. The normalized spacial score (nSPS) is 30.9. The maximum absolute atomic E-state index is 12.4. The van der Waals surface area contributed by atoms with Gasteiger partial charge in [0, 0.05) is 31.6 Å². The van der Waals surface area contributed by atoms with Gasteiger partial charge in [-0.15, -0.1) is 0 Å². The van der Waals surface area contributed by atoms with Gasteiger partial charge in [-0.1, -0.05) is 12.2 Å². The minimum absolute atomic E-state index is 0.0258. The van der Waals surface area contributed by atoms with E-state index < -0.39 is 8.32 Å². The van der Waals surface area contributed by atoms with E-state index in [1.54, 1.807) is 0 Å². The van der Waals surface area contributed by atoms with Crippen LogP contribution in [0, 0.1) is 23.7 Å². The molecule has 5 heteroatoms. The van der Waals surface area contributed by atoms with Gasteiger partial charge in [0.15, 0.2) is 8.32 Å². The van der Waals surface area contributed by atoms with Crippen molar-refractivity contribution in [1.82, 2.24) is 5.32 Å². The van der Waals surface area contributed by atoms with Gasteiger partial charge in [0.2, 0.25) is 5.91 Å². The summed E-state index contributed by atoms with van der Waals surface area (Å²) in [6, 6.07) is 1.07. The smallest absolute Gasteiger partial charge is 0.224 e. The number of hydrogen-bond acceptors (Lipinski definition) is 3. The molecule has 1 amide bonds. The zero-order chi connectivity index (χ0) is 15.5. The predicted molar refractivity (Wildman–Crippen MR) is 86.3 cm³/mol. The third-order valence-electron chi connectivity index (χ3n) is 4.93. The summed E-state index contributed by atoms with van der Waals surface area (Å²) in [5.41, 5.74) is 0. The van der Waals surface area contributed by atoms with Crippen LogP contribution in [0.25, 0.3) is 0 Å². The van der Waals surface area contributed by atoms with Crippen molar-refractivity contribution in [1.29, 1.82) is 0 Å². The summed E-state index contributed by atoms with van der Waals surface area (Å²) in [5, 5.41) is 12.6. The van der Waals surface area contributed by atoms with Gasteiger partial charge in [-0.05, 0) is 50.7 Å². The summed E-state index contributed by atoms with van der Waals surface area (Å²) in [4.78, 5) is 12.4. The van der Waals surface area contributed by atoms with Crippen molar-refractivity contribution >= 4 is 14.2 Å². The monoisotopic (exact) mass is 311 g/mol. The molecule has 2 N–H and O–H groups in total. The van der Waals surface area contributed by atoms with Gasteiger partial charge in [0.1, 0.15) is 0 Å². The Hall–Kier alpha value is -0.653. The summed E-state index contributed by atoms with van der Waals surface area (Å²) in [6.07, 6.45) is 6.34. The molecule has 4 unspecified atom stereocenters. The largest absolute Gasteiger partial charge is 0.418 e. The Bertz CT molecular complexity index is 397. The second-order valence-corrected chi connectivity index (χ2v) is 11.2. The molecular formula is C16H29NO3Si. The van der Waals surface area contributed by atoms with Crippen LogP contribution in [0.3, 0.4) is 0 Å². The number of rotatable bonds is 8. The lowest BCUT2D eigenvalue weighted by atomic mass is 9.83. The van der Waals surface area contributed by atoms with Crippen molar-refractivity contribution in [3.8, 4) is 0 Å². The van der Waals surface area contributed by atoms with Crippen LogP contribution in [0.4, 0.5) is 0 Å². The molecule has 2 aliphatic rings. The predicted octanol–water partition coefficient (Wildman–Crippen LogP) is 2.16. The number of carbonyl (C=O) groups excluding carboxylic acids is 1. The molecule has 120 valence electrons. The number of amides is 1. The van der Waals surface area contributed by atoms with Crippen LogP contribution in [0.2, 0.25) is 19.1 Å². The van der Waals surface area contributed by atoms with Crippen LogP contribution in [0.1, 0.15) is 19.8 Å². The number of carbonyl (C=O) groups is 1. The molecule has 2 bridgehead atoms. The second kappa shape index (κ2) is 7.07. The van der Waals surface area contributed by atoms with Crippen LogP contribution in [0.15, 0.2) is 12.2 Å². The highest BCUT2D eigenvalue weighted by Gasteiger charge is 2.47. The second-order valence-electron chi connectivity index (χ2n) is 6.91. The van der Waals surface area contributed by atoms with Gasteiger partial charge in [-0.25, -0.2) is 0 Å². The van der Waals surface area contributed by atoms with Gasteiger partial charge in [0.05, 0.1) is 0 Å². The van der Waals surface area contributed by atoms with Crippen LogP contribution >= 0.6 is 0 Å². The number of hydrogen-bond donors (Lipinski definition) is 2. The number of nitrogens with one attached hydrogen (secondary N) is 1. The Kier molecular flexibility index (Phi) is 5.63. The molecule has 1 fully saturated rings. The molecule has 21 heavy (non-hydrogen) atoms. The van der Waals surface area contributed by atoms with E-state index in [1.807, 2.05) is 6.92 Å². The number of fused-ring (bicyclic) bond motifs is 2. The zero-order valence-corrected chi connectivity index (χ0v) is 14.5. The van der Waals surface area contributed by atoms with Crippen LogP contribution in [-0.2, 0) is 9.22 Å². The van der Waals surface area contributed by atoms with E-state index in [2.05, 4.69) is 30.6 Å². The SMILES string of the molecule is CCO[Si](C)(C)CCCNC(=O)C1C2C=CC(C2)C1CO. The van der Waals surface area contributed by atoms with Gasteiger partial charge in [-0.2, -0.15) is 0 Å². The molecule has 4 nitrogen and oxygen atoms in total. The molecule has 0 aromatic heterocycles. The fourth-order valence-electron chi connectivity index (χ4n) is 3.87. The first-order chi connectivity index (χ1) is 9.98. The van der Waals surface area contributed by atoms with Gasteiger partial charge >= 0.3 is 0 Å². The van der Waals surface area contributed by atoms with Crippen molar-refractivity contribution in [2.45, 2.75) is 38.9 Å². The van der Waals surface area contributed by atoms with E-state index in [0.29, 0.717) is 11.8 Å². The highest BCUT2D eigenvalue weighted by molar-refractivity contribution is 6.71. The van der Waals surface area contributed by atoms with Crippen molar-refractivity contribution in [3.05, 3.63) is 12.2 Å². The highest BCUT2D eigenvalue weighted by atomic mass is 28.4. The van der Waals surface area contributed by atoms with E-state index >= 15 is 0 Å². The molecule has 0 aliphatic heterocycles. The topological polar surface area (TPSA) is 58.6 Å². The Labute approximate surface area is 129 Å². The zero-order valence-electron chi connectivity index (χ0n) is 13.5. The molecule has 0 aromatic carbocycles. The van der Waals surface area contributed by atoms with Crippen LogP contribution < -0.4 is 5.32 Å². The molecule has 0 radical (unpaired) electrons. The standard InChI is InChI=1S/C16H29NO3Si/c1-4-20-21(2,3)9-5-8-17-16(19)15-13-7-6-12(10-13)14(15)11-18/h6-7,12-15,18H,4-5,8-11H2,1-3H3,(H,17,19). The maximum atomic E-state index is 12.4. The van der Waals surface area contributed by atoms with E-state index in [1.165, 1.54) is 0 Å². The van der Waals surface area contributed by atoms with Gasteiger partial charge in [-0.3, -0.25) is 4.79 Å².